The molecule has 2 aromatic carbocycles. The normalized spacial score (nSPS) is 10.6. The Bertz CT molecular complexity index is 811. The fourth-order valence-electron chi connectivity index (χ4n) is 1.83. The Hall–Kier alpha value is -2.15. The molecular formula is C18H16Cl2N2O3S. The number of nitrogens with one attached hydrogen (secondary N) is 2. The van der Waals surface area contributed by atoms with Crippen molar-refractivity contribution in [3.05, 3.63) is 64.1 Å². The topological polar surface area (TPSA) is 67.4 Å². The van der Waals surface area contributed by atoms with Gasteiger partial charge in [0.25, 0.3) is 5.91 Å². The van der Waals surface area contributed by atoms with Gasteiger partial charge in [0.05, 0.1) is 17.9 Å². The third-order valence-corrected chi connectivity index (χ3v) is 4.85. The van der Waals surface area contributed by atoms with E-state index in [1.807, 2.05) is 12.1 Å². The molecule has 0 atom stereocenters. The number of hydrazine groups is 1. The van der Waals surface area contributed by atoms with E-state index in [0.717, 1.165) is 11.3 Å². The number of rotatable bonds is 6. The zero-order valence-electron chi connectivity index (χ0n) is 13.8. The summed E-state index contributed by atoms with van der Waals surface area (Å²) in [5.41, 5.74) is 5.48. The highest BCUT2D eigenvalue weighted by atomic mass is 35.5. The smallest absolute Gasteiger partial charge is 0.262 e. The van der Waals surface area contributed by atoms with Gasteiger partial charge in [0.1, 0.15) is 5.75 Å². The van der Waals surface area contributed by atoms with Crippen LogP contribution in [0.1, 0.15) is 5.56 Å². The van der Waals surface area contributed by atoms with Crippen LogP contribution in [0.2, 0.25) is 10.0 Å². The maximum absolute atomic E-state index is 11.8. The van der Waals surface area contributed by atoms with E-state index < -0.39 is 5.91 Å². The molecule has 2 rings (SSSR count). The first-order chi connectivity index (χ1) is 12.5. The molecule has 0 aromatic heterocycles. The van der Waals surface area contributed by atoms with Crippen LogP contribution in [0.25, 0.3) is 6.08 Å². The summed E-state index contributed by atoms with van der Waals surface area (Å²) in [5, 5.41) is 1.05. The minimum absolute atomic E-state index is 0.0858. The van der Waals surface area contributed by atoms with Gasteiger partial charge in [-0.2, -0.15) is 0 Å². The molecule has 0 saturated carbocycles. The van der Waals surface area contributed by atoms with E-state index >= 15 is 0 Å². The lowest BCUT2D eigenvalue weighted by Crippen LogP contribution is -2.41. The largest absolute Gasteiger partial charge is 0.497 e. The maximum Gasteiger partial charge on any atom is 0.262 e. The summed E-state index contributed by atoms with van der Waals surface area (Å²) in [6, 6.07) is 12.2. The van der Waals surface area contributed by atoms with Crippen LogP contribution >= 0.6 is 35.0 Å². The summed E-state index contributed by atoms with van der Waals surface area (Å²) >= 11 is 13.1. The molecule has 0 spiro atoms. The van der Waals surface area contributed by atoms with Gasteiger partial charge in [-0.05, 0) is 42.0 Å². The molecule has 5 nitrogen and oxygen atoms in total. The molecule has 0 bridgehead atoms. The summed E-state index contributed by atoms with van der Waals surface area (Å²) in [4.78, 5) is 24.2. The first kappa shape index (κ1) is 20.2. The van der Waals surface area contributed by atoms with E-state index in [9.17, 15) is 9.59 Å². The Morgan fingerprint density at radius 3 is 2.54 bits per heavy atom. The zero-order valence-corrected chi connectivity index (χ0v) is 16.1. The second kappa shape index (κ2) is 10.1. The summed E-state index contributed by atoms with van der Waals surface area (Å²) in [7, 11) is 1.58. The van der Waals surface area contributed by atoms with Gasteiger partial charge < -0.3 is 4.74 Å². The molecule has 0 fully saturated rings. The molecule has 0 aliphatic carbocycles. The molecule has 0 radical (unpaired) electrons. The number of thioether (sulfide) groups is 1. The van der Waals surface area contributed by atoms with Gasteiger partial charge in [0.2, 0.25) is 5.91 Å². The van der Waals surface area contributed by atoms with Gasteiger partial charge in [-0.15, -0.1) is 11.8 Å². The minimum atomic E-state index is -0.444. The third-order valence-electron chi connectivity index (χ3n) is 3.12. The van der Waals surface area contributed by atoms with Gasteiger partial charge in [-0.1, -0.05) is 35.3 Å². The number of amides is 2. The second-order valence-electron chi connectivity index (χ2n) is 5.01. The van der Waals surface area contributed by atoms with E-state index in [1.165, 1.54) is 17.8 Å². The molecule has 0 aliphatic rings. The van der Waals surface area contributed by atoms with Gasteiger partial charge in [0.15, 0.2) is 0 Å². The predicted octanol–water partition coefficient (Wildman–Crippen LogP) is 3.95. The summed E-state index contributed by atoms with van der Waals surface area (Å²) < 4.78 is 5.06. The van der Waals surface area contributed by atoms with Crippen molar-refractivity contribution in [2.24, 2.45) is 0 Å². The Kier molecular flexibility index (Phi) is 7.84. The fraction of sp³-hybridized carbons (Fsp3) is 0.111. The highest BCUT2D eigenvalue weighted by Gasteiger charge is 2.07. The molecular weight excluding hydrogens is 395 g/mol. The molecule has 0 heterocycles. The van der Waals surface area contributed by atoms with Crippen molar-refractivity contribution in [2.45, 2.75) is 4.90 Å². The predicted molar refractivity (Wildman–Crippen MR) is 105 cm³/mol. The van der Waals surface area contributed by atoms with Crippen molar-refractivity contribution in [2.75, 3.05) is 12.9 Å². The quantitative estimate of drug-likeness (QED) is 0.429. The lowest BCUT2D eigenvalue weighted by atomic mass is 10.2. The number of halogens is 2. The van der Waals surface area contributed by atoms with E-state index in [2.05, 4.69) is 10.9 Å². The molecule has 136 valence electrons. The Balaban J connectivity index is 1.76. The lowest BCUT2D eigenvalue weighted by Gasteiger charge is -2.06. The van der Waals surface area contributed by atoms with Crippen molar-refractivity contribution < 1.29 is 14.3 Å². The Morgan fingerprint density at radius 1 is 1.12 bits per heavy atom. The number of hydrogen-bond acceptors (Lipinski definition) is 4. The second-order valence-corrected chi connectivity index (χ2v) is 6.87. The van der Waals surface area contributed by atoms with E-state index in [4.69, 9.17) is 27.9 Å². The molecule has 2 amide bonds. The number of benzene rings is 2. The van der Waals surface area contributed by atoms with Crippen LogP contribution in [-0.2, 0) is 9.59 Å². The van der Waals surface area contributed by atoms with Crippen molar-refractivity contribution >= 4 is 52.9 Å². The van der Waals surface area contributed by atoms with Crippen LogP contribution in [0.15, 0.2) is 53.4 Å². The van der Waals surface area contributed by atoms with Crippen LogP contribution < -0.4 is 15.6 Å². The summed E-state index contributed by atoms with van der Waals surface area (Å²) in [6.07, 6.45) is 2.95. The third kappa shape index (κ3) is 6.63. The molecule has 2 N–H and O–H groups in total. The van der Waals surface area contributed by atoms with E-state index in [-0.39, 0.29) is 11.7 Å². The van der Waals surface area contributed by atoms with E-state index in [0.29, 0.717) is 14.9 Å². The van der Waals surface area contributed by atoms with Crippen molar-refractivity contribution in [3.63, 3.8) is 0 Å². The summed E-state index contributed by atoms with van der Waals surface area (Å²) in [5.74, 6) is 0.0103. The molecule has 2 aromatic rings. The number of methoxy groups -OCH3 is 1. The first-order valence-corrected chi connectivity index (χ1v) is 9.21. The summed E-state index contributed by atoms with van der Waals surface area (Å²) in [6.45, 7) is 0. The van der Waals surface area contributed by atoms with E-state index in [1.54, 1.807) is 43.5 Å². The number of hydrogen-bond donors (Lipinski definition) is 2. The van der Waals surface area contributed by atoms with Gasteiger partial charge >= 0.3 is 0 Å². The monoisotopic (exact) mass is 410 g/mol. The fourth-order valence-corrected chi connectivity index (χ4v) is 3.12. The standard InChI is InChI=1S/C18H16Cl2N2O3S/c1-25-14-6-2-12(3-7-14)4-9-17(23)21-22-18(24)11-26-16-10-13(19)5-8-15(16)20/h2-10H,11H2,1H3,(H,21,23)(H,22,24)/b9-4+. The molecule has 26 heavy (non-hydrogen) atoms. The maximum atomic E-state index is 11.8. The zero-order chi connectivity index (χ0) is 18.9. The molecule has 0 saturated heterocycles. The van der Waals surface area contributed by atoms with Crippen molar-refractivity contribution in [1.82, 2.24) is 10.9 Å². The molecule has 0 aliphatic heterocycles. The number of ether oxygens (including phenoxy) is 1. The van der Waals surface area contributed by atoms with Crippen molar-refractivity contribution in [3.8, 4) is 5.75 Å². The van der Waals surface area contributed by atoms with Crippen molar-refractivity contribution in [1.29, 1.82) is 0 Å². The Labute approximate surface area is 165 Å². The highest BCUT2D eigenvalue weighted by molar-refractivity contribution is 8.00. The Morgan fingerprint density at radius 2 is 1.85 bits per heavy atom. The number of carbonyl (C=O) groups is 2. The van der Waals surface area contributed by atoms with Crippen LogP contribution in [0, 0.1) is 0 Å². The SMILES string of the molecule is COc1ccc(/C=C/C(=O)NNC(=O)CSc2cc(Cl)ccc2Cl)cc1. The van der Waals surface area contributed by atoms with Crippen LogP contribution in [0.4, 0.5) is 0 Å². The average Bonchev–Trinajstić information content (AvgIpc) is 2.65. The molecule has 0 unspecified atom stereocenters. The highest BCUT2D eigenvalue weighted by Crippen LogP contribution is 2.29. The van der Waals surface area contributed by atoms with Gasteiger partial charge in [0, 0.05) is 16.0 Å². The van der Waals surface area contributed by atoms with Crippen LogP contribution in [0.5, 0.6) is 5.75 Å². The first-order valence-electron chi connectivity index (χ1n) is 7.47. The van der Waals surface area contributed by atoms with Gasteiger partial charge in [-0.25, -0.2) is 0 Å². The lowest BCUT2D eigenvalue weighted by molar-refractivity contribution is -0.125. The minimum Gasteiger partial charge on any atom is -0.497 e. The average molecular weight is 411 g/mol. The number of carbonyl (C=O) groups excluding carboxylic acids is 2. The van der Waals surface area contributed by atoms with Crippen LogP contribution in [-0.4, -0.2) is 24.7 Å². The molecule has 8 heteroatoms. The van der Waals surface area contributed by atoms with Crippen LogP contribution in [0.3, 0.4) is 0 Å². The van der Waals surface area contributed by atoms with Gasteiger partial charge in [-0.3, -0.25) is 20.4 Å².